The van der Waals surface area contributed by atoms with Gasteiger partial charge >= 0.3 is 12.2 Å². The number of hydrogen-bond donors (Lipinski definition) is 5. The molecule has 14 nitrogen and oxygen atoms in total. The molecule has 0 spiro atoms. The summed E-state index contributed by atoms with van der Waals surface area (Å²) in [6.07, 6.45) is 3.28. The van der Waals surface area contributed by atoms with E-state index in [2.05, 4.69) is 47.3 Å². The van der Waals surface area contributed by atoms with Crippen LogP contribution in [-0.2, 0) is 25.6 Å². The lowest BCUT2D eigenvalue weighted by atomic mass is 9.96. The molecule has 44 heavy (non-hydrogen) atoms. The molecule has 1 saturated heterocycles. The Hall–Kier alpha value is -4.19. The Labute approximate surface area is 257 Å². The van der Waals surface area contributed by atoms with Crippen molar-refractivity contribution >= 4 is 54.6 Å². The Morgan fingerprint density at radius 3 is 2.66 bits per heavy atom. The fraction of sp³-hybridized carbons (Fsp3) is 0.517. The number of methoxy groups -OCH3 is 2. The van der Waals surface area contributed by atoms with E-state index in [0.29, 0.717) is 43.9 Å². The van der Waals surface area contributed by atoms with Crippen molar-refractivity contribution < 1.29 is 28.7 Å². The lowest BCUT2D eigenvalue weighted by molar-refractivity contribution is -0.136. The van der Waals surface area contributed by atoms with Gasteiger partial charge in [-0.05, 0) is 36.5 Å². The van der Waals surface area contributed by atoms with E-state index in [-0.39, 0.29) is 38.5 Å². The van der Waals surface area contributed by atoms with Crippen LogP contribution in [0.5, 0.6) is 0 Å². The van der Waals surface area contributed by atoms with E-state index < -0.39 is 18.1 Å². The maximum Gasteiger partial charge on any atom is 0.406 e. The van der Waals surface area contributed by atoms with Gasteiger partial charge in [0.2, 0.25) is 5.91 Å². The number of nitrogens with zero attached hydrogens (tertiary/aromatic N) is 3. The van der Waals surface area contributed by atoms with Crippen LogP contribution in [0.25, 0.3) is 11.0 Å². The minimum atomic E-state index is -0.557. The molecule has 0 saturated carbocycles. The van der Waals surface area contributed by atoms with Crippen LogP contribution < -0.4 is 21.5 Å². The molecular formula is C29H41N8O6P. The van der Waals surface area contributed by atoms with E-state index in [9.17, 15) is 19.2 Å². The second kappa shape index (κ2) is 15.5. The molecule has 1 aromatic carbocycles. The number of amides is 3. The van der Waals surface area contributed by atoms with Crippen LogP contribution in [0, 0.1) is 11.8 Å². The fourth-order valence-electron chi connectivity index (χ4n) is 5.29. The topological polar surface area (TPSA) is 183 Å². The lowest BCUT2D eigenvalue weighted by Gasteiger charge is -2.28. The standard InChI is InChI=1S/C29H41N8O6P/c1-5-19-10-12-37(26(39)17(2)14-33-29(41)43-4)24(19)25-34-20-9-8-18(13-21(20)35-25)15-31-22-16-32-27(36-22)44-23(38)7-6-11-30-28(40)42-3/h8-9,13,16-17,19,24,31,44H,5-7,10-12,14-15H2,1-4H3,(H,30,40)(H,32,36)(H,33,41)(H,34,35). The van der Waals surface area contributed by atoms with Crippen molar-refractivity contribution in [1.82, 2.24) is 35.5 Å². The average molecular weight is 629 g/mol. The number of rotatable bonds is 14. The van der Waals surface area contributed by atoms with Crippen LogP contribution in [0.3, 0.4) is 0 Å². The molecule has 0 radical (unpaired) electrons. The predicted molar refractivity (Wildman–Crippen MR) is 167 cm³/mol. The number of H-pyrrole nitrogens is 2. The van der Waals surface area contributed by atoms with E-state index in [1.54, 1.807) is 13.1 Å². The van der Waals surface area contributed by atoms with Gasteiger partial charge in [0.15, 0.2) is 5.52 Å². The summed E-state index contributed by atoms with van der Waals surface area (Å²) < 4.78 is 9.14. The highest BCUT2D eigenvalue weighted by Crippen LogP contribution is 2.39. The zero-order valence-corrected chi connectivity index (χ0v) is 26.5. The highest BCUT2D eigenvalue weighted by atomic mass is 31.1. The van der Waals surface area contributed by atoms with Crippen LogP contribution in [-0.4, -0.2) is 82.3 Å². The number of aromatic amines is 2. The first kappa shape index (κ1) is 32.7. The molecule has 3 heterocycles. The van der Waals surface area contributed by atoms with Gasteiger partial charge in [-0.25, -0.2) is 19.6 Å². The molecular weight excluding hydrogens is 587 g/mol. The Bertz CT molecular complexity index is 1460. The number of imidazole rings is 2. The first-order chi connectivity index (χ1) is 21.2. The van der Waals surface area contributed by atoms with Gasteiger partial charge in [0, 0.05) is 41.2 Å². The van der Waals surface area contributed by atoms with E-state index in [1.165, 1.54) is 14.2 Å². The molecule has 3 aromatic rings. The molecule has 1 aliphatic heterocycles. The SMILES string of the molecule is CCC1CCN(C(=O)C(C)CNC(=O)OC)C1c1nc2ccc(CNc3cnc(PC(=O)CCCNC(=O)OC)[nH]3)cc2[nH]1. The summed E-state index contributed by atoms with van der Waals surface area (Å²) in [6, 6.07) is 5.83. The van der Waals surface area contributed by atoms with Gasteiger partial charge in [0.25, 0.3) is 0 Å². The lowest BCUT2D eigenvalue weighted by Crippen LogP contribution is -2.41. The quantitative estimate of drug-likeness (QED) is 0.132. The molecule has 15 heteroatoms. The van der Waals surface area contributed by atoms with E-state index in [0.717, 1.165) is 35.3 Å². The zero-order valence-electron chi connectivity index (χ0n) is 25.5. The van der Waals surface area contributed by atoms with Crippen LogP contribution in [0.15, 0.2) is 24.4 Å². The monoisotopic (exact) mass is 628 g/mol. The summed E-state index contributed by atoms with van der Waals surface area (Å²) in [5.41, 5.74) is 3.38. The van der Waals surface area contributed by atoms with Gasteiger partial charge in [-0.2, -0.15) is 0 Å². The fourth-order valence-corrected chi connectivity index (χ4v) is 6.18. The van der Waals surface area contributed by atoms with Gasteiger partial charge < -0.3 is 40.3 Å². The number of benzene rings is 1. The maximum atomic E-state index is 13.4. The third kappa shape index (κ3) is 8.46. The number of aromatic nitrogens is 4. The molecule has 1 fully saturated rings. The van der Waals surface area contributed by atoms with Crippen molar-refractivity contribution in [3.05, 3.63) is 35.8 Å². The van der Waals surface area contributed by atoms with E-state index >= 15 is 0 Å². The molecule has 238 valence electrons. The normalized spacial score (nSPS) is 17.1. The molecule has 1 aliphatic rings. The number of alkyl carbamates (subject to hydrolysis) is 2. The summed E-state index contributed by atoms with van der Waals surface area (Å²) in [5, 5.41) is 8.49. The van der Waals surface area contributed by atoms with Crippen LogP contribution in [0.4, 0.5) is 15.4 Å². The van der Waals surface area contributed by atoms with Crippen molar-refractivity contribution in [1.29, 1.82) is 0 Å². The van der Waals surface area contributed by atoms with E-state index in [1.807, 2.05) is 23.1 Å². The summed E-state index contributed by atoms with van der Waals surface area (Å²) >= 11 is 0. The van der Waals surface area contributed by atoms with Gasteiger partial charge in [0.05, 0.1) is 43.4 Å². The molecule has 0 aliphatic carbocycles. The number of carbonyl (C=O) groups is 4. The summed E-state index contributed by atoms with van der Waals surface area (Å²) in [4.78, 5) is 65.9. The van der Waals surface area contributed by atoms with Crippen molar-refractivity contribution in [2.45, 2.75) is 52.1 Å². The number of likely N-dealkylation sites (tertiary alicyclic amines) is 1. The smallest absolute Gasteiger partial charge is 0.406 e. The number of hydrogen-bond acceptors (Lipinski definition) is 9. The van der Waals surface area contributed by atoms with Gasteiger partial charge in [-0.3, -0.25) is 9.59 Å². The number of fused-ring (bicyclic) bond motifs is 1. The molecule has 4 unspecified atom stereocenters. The first-order valence-corrected chi connectivity index (χ1v) is 15.7. The molecule has 4 atom stereocenters. The van der Waals surface area contributed by atoms with Crippen LogP contribution >= 0.6 is 8.58 Å². The Morgan fingerprint density at radius 2 is 1.91 bits per heavy atom. The minimum absolute atomic E-state index is 0.0236. The second-order valence-corrected chi connectivity index (χ2v) is 12.0. The third-order valence-corrected chi connectivity index (χ3v) is 8.71. The van der Waals surface area contributed by atoms with Crippen molar-refractivity contribution in [3.8, 4) is 0 Å². The van der Waals surface area contributed by atoms with Gasteiger partial charge in [-0.15, -0.1) is 0 Å². The second-order valence-electron chi connectivity index (χ2n) is 10.7. The van der Waals surface area contributed by atoms with Crippen molar-refractivity contribution in [2.75, 3.05) is 39.2 Å². The molecule has 2 aromatic heterocycles. The Balaban J connectivity index is 1.35. The summed E-state index contributed by atoms with van der Waals surface area (Å²) in [5.74, 6) is 1.33. The van der Waals surface area contributed by atoms with Crippen LogP contribution in [0.1, 0.15) is 57.0 Å². The highest BCUT2D eigenvalue weighted by Gasteiger charge is 2.40. The Kier molecular flexibility index (Phi) is 11.5. The molecule has 5 N–H and O–H groups in total. The zero-order chi connectivity index (χ0) is 31.6. The molecule has 3 amide bonds. The number of carbonyl (C=O) groups excluding carboxylic acids is 4. The molecule has 0 bridgehead atoms. The summed E-state index contributed by atoms with van der Waals surface area (Å²) in [6.45, 7) is 5.68. The minimum Gasteiger partial charge on any atom is -0.453 e. The first-order valence-electron chi connectivity index (χ1n) is 14.7. The van der Waals surface area contributed by atoms with Crippen LogP contribution in [0.2, 0.25) is 0 Å². The van der Waals surface area contributed by atoms with Gasteiger partial charge in [-0.1, -0.05) is 26.3 Å². The third-order valence-electron chi connectivity index (χ3n) is 7.69. The largest absolute Gasteiger partial charge is 0.453 e. The van der Waals surface area contributed by atoms with Gasteiger partial charge in [0.1, 0.15) is 17.2 Å². The summed E-state index contributed by atoms with van der Waals surface area (Å²) in [7, 11) is 2.50. The highest BCUT2D eigenvalue weighted by molar-refractivity contribution is 7.64. The number of anilines is 1. The van der Waals surface area contributed by atoms with Crippen molar-refractivity contribution in [3.63, 3.8) is 0 Å². The number of ether oxygens (including phenoxy) is 2. The Morgan fingerprint density at radius 1 is 1.14 bits per heavy atom. The van der Waals surface area contributed by atoms with E-state index in [4.69, 9.17) is 4.98 Å². The van der Waals surface area contributed by atoms with Crippen molar-refractivity contribution in [2.24, 2.45) is 11.8 Å². The average Bonchev–Trinajstić information content (AvgIpc) is 3.77. The number of nitrogens with one attached hydrogen (secondary N) is 5. The predicted octanol–water partition coefficient (Wildman–Crippen LogP) is 3.16. The molecule has 4 rings (SSSR count). The maximum absolute atomic E-state index is 13.4.